The van der Waals surface area contributed by atoms with E-state index in [1.807, 2.05) is 0 Å². The van der Waals surface area contributed by atoms with E-state index in [4.69, 9.17) is 14.2 Å². The quantitative estimate of drug-likeness (QED) is 0.391. The van der Waals surface area contributed by atoms with Crippen molar-refractivity contribution in [1.82, 2.24) is 0 Å². The Labute approximate surface area is 189 Å². The molecule has 0 radical (unpaired) electrons. The fourth-order valence-corrected chi connectivity index (χ4v) is 2.82. The molecule has 0 saturated heterocycles. The van der Waals surface area contributed by atoms with E-state index in [0.29, 0.717) is 0 Å². The van der Waals surface area contributed by atoms with Crippen LogP contribution in [0.1, 0.15) is 31.1 Å². The minimum atomic E-state index is -1.92. The van der Waals surface area contributed by atoms with Crippen molar-refractivity contribution < 1.29 is 38.5 Å². The first-order chi connectivity index (χ1) is 16.0. The van der Waals surface area contributed by atoms with Gasteiger partial charge in [-0.2, -0.15) is 0 Å². The maximum absolute atomic E-state index is 12.6. The Hall–Kier alpha value is -4.46. The molecule has 3 aromatic rings. The molecule has 2 atom stereocenters. The molecule has 0 aliphatic heterocycles. The Morgan fingerprint density at radius 2 is 1.00 bits per heavy atom. The number of carboxylic acid groups (broad SMARTS) is 1. The zero-order valence-corrected chi connectivity index (χ0v) is 17.3. The van der Waals surface area contributed by atoms with Crippen molar-refractivity contribution in [3.63, 3.8) is 0 Å². The lowest BCUT2D eigenvalue weighted by molar-refractivity contribution is -0.155. The van der Waals surface area contributed by atoms with E-state index in [1.54, 1.807) is 54.6 Å². The number of carboxylic acids is 1. The average molecular weight is 448 g/mol. The van der Waals surface area contributed by atoms with Crippen LogP contribution < -0.4 is 0 Å². The molecule has 0 amide bonds. The van der Waals surface area contributed by atoms with Gasteiger partial charge < -0.3 is 19.3 Å². The topological polar surface area (TPSA) is 116 Å². The van der Waals surface area contributed by atoms with Crippen LogP contribution in [0, 0.1) is 0 Å². The van der Waals surface area contributed by atoms with Gasteiger partial charge in [0.25, 0.3) is 0 Å². The number of rotatable bonds is 9. The lowest BCUT2D eigenvalue weighted by Crippen LogP contribution is -2.44. The molecule has 3 aromatic carbocycles. The summed E-state index contributed by atoms with van der Waals surface area (Å²) in [6.45, 7) is -0.647. The third-order valence-corrected chi connectivity index (χ3v) is 4.48. The summed E-state index contributed by atoms with van der Waals surface area (Å²) in [6, 6.07) is 23.6. The average Bonchev–Trinajstić information content (AvgIpc) is 2.86. The van der Waals surface area contributed by atoms with E-state index in [9.17, 15) is 24.3 Å². The van der Waals surface area contributed by atoms with Crippen molar-refractivity contribution >= 4 is 23.9 Å². The van der Waals surface area contributed by atoms with Gasteiger partial charge in [-0.25, -0.2) is 19.2 Å². The lowest BCUT2D eigenvalue weighted by atomic mass is 10.1. The van der Waals surface area contributed by atoms with Crippen LogP contribution >= 0.6 is 0 Å². The van der Waals surface area contributed by atoms with Crippen molar-refractivity contribution in [3.8, 4) is 0 Å². The number of carbonyl (C=O) groups is 4. The van der Waals surface area contributed by atoms with Crippen molar-refractivity contribution in [3.05, 3.63) is 108 Å². The SMILES string of the molecule is O=C(OCC(OC(=O)c1ccccc1)C(OC(=O)c1ccccc1)C(=O)O)c1ccccc1. The van der Waals surface area contributed by atoms with Crippen LogP contribution in [-0.2, 0) is 19.0 Å². The van der Waals surface area contributed by atoms with Crippen molar-refractivity contribution in [2.45, 2.75) is 12.2 Å². The third kappa shape index (κ3) is 6.51. The van der Waals surface area contributed by atoms with Crippen molar-refractivity contribution in [2.24, 2.45) is 0 Å². The molecule has 1 N–H and O–H groups in total. The smallest absolute Gasteiger partial charge is 0.349 e. The van der Waals surface area contributed by atoms with Gasteiger partial charge in [0, 0.05) is 0 Å². The van der Waals surface area contributed by atoms with Gasteiger partial charge in [-0.15, -0.1) is 0 Å². The van der Waals surface area contributed by atoms with E-state index in [0.717, 1.165) is 0 Å². The molecule has 0 heterocycles. The van der Waals surface area contributed by atoms with E-state index in [-0.39, 0.29) is 16.7 Å². The van der Waals surface area contributed by atoms with Gasteiger partial charge in [-0.1, -0.05) is 54.6 Å². The van der Waals surface area contributed by atoms with Crippen molar-refractivity contribution in [1.29, 1.82) is 0 Å². The number of carbonyl (C=O) groups excluding carboxylic acids is 3. The summed E-state index contributed by atoms with van der Waals surface area (Å²) in [5.41, 5.74) is 0.479. The zero-order valence-electron chi connectivity index (χ0n) is 17.3. The van der Waals surface area contributed by atoms with Crippen LogP contribution in [0.4, 0.5) is 0 Å². The van der Waals surface area contributed by atoms with Gasteiger partial charge in [0.05, 0.1) is 16.7 Å². The molecular formula is C25H20O8. The highest BCUT2D eigenvalue weighted by molar-refractivity contribution is 5.92. The molecule has 0 bridgehead atoms. The number of aliphatic carboxylic acids is 1. The third-order valence-electron chi connectivity index (χ3n) is 4.48. The zero-order chi connectivity index (χ0) is 23.6. The van der Waals surface area contributed by atoms with E-state index >= 15 is 0 Å². The number of hydrogen-bond acceptors (Lipinski definition) is 7. The summed E-state index contributed by atoms with van der Waals surface area (Å²) in [4.78, 5) is 49.3. The van der Waals surface area contributed by atoms with Gasteiger partial charge in [0.1, 0.15) is 6.61 Å². The predicted molar refractivity (Wildman–Crippen MR) is 116 cm³/mol. The lowest BCUT2D eigenvalue weighted by Gasteiger charge is -2.24. The summed E-state index contributed by atoms with van der Waals surface area (Å²) in [7, 11) is 0. The highest BCUT2D eigenvalue weighted by atomic mass is 16.6. The highest BCUT2D eigenvalue weighted by Gasteiger charge is 2.37. The molecule has 3 rings (SSSR count). The maximum atomic E-state index is 12.6. The molecule has 0 aliphatic carbocycles. The Morgan fingerprint density at radius 1 is 0.606 bits per heavy atom. The standard InChI is InChI=1S/C25H20O8/c26-22(27)21(33-25(30)19-14-8-3-9-15-19)20(32-24(29)18-12-6-2-7-13-18)16-31-23(28)17-10-4-1-5-11-17/h1-15,20-21H,16H2,(H,26,27). The molecule has 0 aromatic heterocycles. The van der Waals surface area contributed by atoms with Crippen molar-refractivity contribution in [2.75, 3.05) is 6.61 Å². The van der Waals surface area contributed by atoms with Crippen LogP contribution in [0.5, 0.6) is 0 Å². The number of benzene rings is 3. The Morgan fingerprint density at radius 3 is 1.42 bits per heavy atom. The monoisotopic (exact) mass is 448 g/mol. The second-order valence-corrected chi connectivity index (χ2v) is 6.80. The van der Waals surface area contributed by atoms with Crippen LogP contribution in [0.15, 0.2) is 91.0 Å². The first-order valence-corrected chi connectivity index (χ1v) is 9.92. The van der Waals surface area contributed by atoms with Crippen LogP contribution in [-0.4, -0.2) is 47.8 Å². The predicted octanol–water partition coefficient (Wildman–Crippen LogP) is 3.38. The van der Waals surface area contributed by atoms with Gasteiger partial charge in [-0.3, -0.25) is 0 Å². The van der Waals surface area contributed by atoms with E-state index < -0.39 is 42.7 Å². The molecule has 0 saturated carbocycles. The van der Waals surface area contributed by atoms with Crippen LogP contribution in [0.25, 0.3) is 0 Å². The second-order valence-electron chi connectivity index (χ2n) is 6.80. The van der Waals surface area contributed by atoms with Gasteiger partial charge >= 0.3 is 23.9 Å². The van der Waals surface area contributed by atoms with Crippen LogP contribution in [0.2, 0.25) is 0 Å². The molecule has 8 heteroatoms. The molecule has 2 unspecified atom stereocenters. The summed E-state index contributed by atoms with van der Waals surface area (Å²) in [5.74, 6) is -4.12. The fourth-order valence-electron chi connectivity index (χ4n) is 2.82. The van der Waals surface area contributed by atoms with E-state index in [1.165, 1.54) is 36.4 Å². The summed E-state index contributed by atoms with van der Waals surface area (Å²) < 4.78 is 15.6. The fraction of sp³-hybridized carbons (Fsp3) is 0.120. The Kier molecular flexibility index (Phi) is 7.91. The minimum absolute atomic E-state index is 0.109. The van der Waals surface area contributed by atoms with Crippen LogP contribution in [0.3, 0.4) is 0 Å². The Balaban J connectivity index is 1.80. The Bertz CT molecular complexity index is 1100. The summed E-state index contributed by atoms with van der Waals surface area (Å²) in [6.07, 6.45) is -3.52. The number of esters is 3. The van der Waals surface area contributed by atoms with Gasteiger partial charge in [0.2, 0.25) is 6.10 Å². The molecule has 8 nitrogen and oxygen atoms in total. The molecule has 0 fully saturated rings. The van der Waals surface area contributed by atoms with Gasteiger partial charge in [-0.05, 0) is 36.4 Å². The normalized spacial score (nSPS) is 12.1. The number of hydrogen-bond donors (Lipinski definition) is 1. The van der Waals surface area contributed by atoms with Gasteiger partial charge in [0.15, 0.2) is 6.10 Å². The molecule has 0 aliphatic rings. The number of ether oxygens (including phenoxy) is 3. The largest absolute Gasteiger partial charge is 0.478 e. The maximum Gasteiger partial charge on any atom is 0.349 e. The first kappa shape index (κ1) is 23.2. The second kappa shape index (κ2) is 11.2. The molecule has 168 valence electrons. The molecule has 0 spiro atoms. The summed E-state index contributed by atoms with van der Waals surface area (Å²) >= 11 is 0. The van der Waals surface area contributed by atoms with E-state index in [2.05, 4.69) is 0 Å². The first-order valence-electron chi connectivity index (χ1n) is 9.92. The highest BCUT2D eigenvalue weighted by Crippen LogP contribution is 2.14. The molecule has 33 heavy (non-hydrogen) atoms. The summed E-state index contributed by atoms with van der Waals surface area (Å²) in [5, 5.41) is 9.70. The minimum Gasteiger partial charge on any atom is -0.478 e. The molecular weight excluding hydrogens is 428 g/mol.